The summed E-state index contributed by atoms with van der Waals surface area (Å²) in [6, 6.07) is 9.45. The van der Waals surface area contributed by atoms with Gasteiger partial charge in [0.25, 0.3) is 0 Å². The van der Waals surface area contributed by atoms with Crippen LogP contribution < -0.4 is 10.6 Å². The van der Waals surface area contributed by atoms with E-state index in [1.165, 1.54) is 0 Å². The molecular weight excluding hydrogens is 322 g/mol. The molecule has 0 radical (unpaired) electrons. The van der Waals surface area contributed by atoms with Crippen molar-refractivity contribution in [2.75, 3.05) is 20.1 Å². The number of carbonyl (C=O) groups is 2. The number of likely N-dealkylation sites (tertiary alicyclic amines) is 1. The molecule has 0 spiro atoms. The van der Waals surface area contributed by atoms with E-state index in [1.807, 2.05) is 30.3 Å². The van der Waals surface area contributed by atoms with Crippen molar-refractivity contribution in [2.45, 2.75) is 19.4 Å². The molecule has 8 nitrogen and oxygen atoms in total. The number of carbonyl (C=O) groups excluding carboxylic acids is 2. The summed E-state index contributed by atoms with van der Waals surface area (Å²) in [5.41, 5.74) is 1.02. The van der Waals surface area contributed by atoms with Gasteiger partial charge in [-0.3, -0.25) is 4.79 Å². The Morgan fingerprint density at radius 3 is 2.68 bits per heavy atom. The van der Waals surface area contributed by atoms with Crippen molar-refractivity contribution in [2.24, 2.45) is 5.92 Å². The first kappa shape index (κ1) is 16.9. The number of urea groups is 1. The van der Waals surface area contributed by atoms with Gasteiger partial charge in [0, 0.05) is 26.7 Å². The van der Waals surface area contributed by atoms with Crippen molar-refractivity contribution < 1.29 is 14.1 Å². The molecule has 3 amide bonds. The van der Waals surface area contributed by atoms with Gasteiger partial charge in [-0.1, -0.05) is 35.5 Å². The van der Waals surface area contributed by atoms with Crippen LogP contribution in [0.1, 0.15) is 23.2 Å². The van der Waals surface area contributed by atoms with Crippen LogP contribution in [-0.2, 0) is 11.3 Å². The first-order chi connectivity index (χ1) is 12.1. The van der Waals surface area contributed by atoms with Crippen LogP contribution in [0.25, 0.3) is 0 Å². The largest absolute Gasteiger partial charge is 0.359 e. The number of hydrogen-bond donors (Lipinski definition) is 2. The Bertz CT molecular complexity index is 746. The Balaban J connectivity index is 1.68. The molecule has 3 rings (SSSR count). The van der Waals surface area contributed by atoms with Crippen molar-refractivity contribution in [1.29, 1.82) is 0 Å². The summed E-state index contributed by atoms with van der Waals surface area (Å²) in [6.07, 6.45) is 0. The number of benzene rings is 1. The van der Waals surface area contributed by atoms with Crippen LogP contribution in [0.3, 0.4) is 0 Å². The topological polar surface area (TPSA) is 100 Å². The molecule has 0 saturated carbocycles. The van der Waals surface area contributed by atoms with Gasteiger partial charge >= 0.3 is 6.03 Å². The highest BCUT2D eigenvalue weighted by Crippen LogP contribution is 2.32. The predicted molar refractivity (Wildman–Crippen MR) is 89.6 cm³/mol. The lowest BCUT2D eigenvalue weighted by Gasteiger charge is -2.17. The van der Waals surface area contributed by atoms with E-state index in [1.54, 1.807) is 18.9 Å². The van der Waals surface area contributed by atoms with E-state index in [0.29, 0.717) is 31.3 Å². The standard InChI is InChI=1S/C17H21N5O3/c1-11-20-16(25-21-11)14-10-22(9-13(14)15(23)18-2)17(24)19-8-12-6-4-3-5-7-12/h3-7,13-14H,8-10H2,1-2H3,(H,18,23)(H,19,24)/t13-,14-/m1/s1. The summed E-state index contributed by atoms with van der Waals surface area (Å²) >= 11 is 0. The first-order valence-electron chi connectivity index (χ1n) is 8.17. The third-order valence-corrected chi connectivity index (χ3v) is 4.34. The average Bonchev–Trinajstić information content (AvgIpc) is 3.26. The van der Waals surface area contributed by atoms with Gasteiger partial charge in [-0.15, -0.1) is 0 Å². The molecule has 1 aliphatic rings. The molecule has 0 unspecified atom stereocenters. The fourth-order valence-corrected chi connectivity index (χ4v) is 3.02. The Morgan fingerprint density at radius 1 is 1.28 bits per heavy atom. The molecule has 1 aliphatic heterocycles. The summed E-state index contributed by atoms with van der Waals surface area (Å²) in [5, 5.41) is 9.32. The molecule has 25 heavy (non-hydrogen) atoms. The summed E-state index contributed by atoms with van der Waals surface area (Å²) in [4.78, 5) is 30.5. The molecule has 1 aromatic carbocycles. The van der Waals surface area contributed by atoms with Crippen molar-refractivity contribution in [1.82, 2.24) is 25.7 Å². The Morgan fingerprint density at radius 2 is 2.04 bits per heavy atom. The van der Waals surface area contributed by atoms with Crippen LogP contribution in [0.15, 0.2) is 34.9 Å². The van der Waals surface area contributed by atoms with E-state index in [9.17, 15) is 9.59 Å². The number of nitrogens with zero attached hydrogens (tertiary/aromatic N) is 3. The fraction of sp³-hybridized carbons (Fsp3) is 0.412. The zero-order valence-electron chi connectivity index (χ0n) is 14.2. The molecular formula is C17H21N5O3. The van der Waals surface area contributed by atoms with E-state index in [2.05, 4.69) is 20.8 Å². The molecule has 132 valence electrons. The highest BCUT2D eigenvalue weighted by molar-refractivity contribution is 5.82. The Hall–Kier alpha value is -2.90. The second kappa shape index (κ2) is 7.33. The third kappa shape index (κ3) is 3.78. The maximum Gasteiger partial charge on any atom is 0.317 e. The van der Waals surface area contributed by atoms with Gasteiger partial charge in [0.15, 0.2) is 5.82 Å². The maximum absolute atomic E-state index is 12.5. The van der Waals surface area contributed by atoms with Crippen molar-refractivity contribution in [3.8, 4) is 0 Å². The smallest absolute Gasteiger partial charge is 0.317 e. The summed E-state index contributed by atoms with van der Waals surface area (Å²) in [7, 11) is 1.58. The van der Waals surface area contributed by atoms with Gasteiger partial charge in [0.2, 0.25) is 11.8 Å². The molecule has 1 aromatic heterocycles. The Kier molecular flexibility index (Phi) is 4.97. The van der Waals surface area contributed by atoms with Gasteiger partial charge in [0.1, 0.15) is 0 Å². The van der Waals surface area contributed by atoms with Crippen LogP contribution in [0.2, 0.25) is 0 Å². The molecule has 2 N–H and O–H groups in total. The van der Waals surface area contributed by atoms with E-state index in [0.717, 1.165) is 5.56 Å². The molecule has 0 bridgehead atoms. The third-order valence-electron chi connectivity index (χ3n) is 4.34. The van der Waals surface area contributed by atoms with Crippen LogP contribution in [0.5, 0.6) is 0 Å². The average molecular weight is 343 g/mol. The highest BCUT2D eigenvalue weighted by atomic mass is 16.5. The summed E-state index contributed by atoms with van der Waals surface area (Å²) in [6.45, 7) is 2.83. The second-order valence-corrected chi connectivity index (χ2v) is 6.06. The van der Waals surface area contributed by atoms with Crippen molar-refractivity contribution >= 4 is 11.9 Å². The minimum Gasteiger partial charge on any atom is -0.359 e. The van der Waals surface area contributed by atoms with Crippen molar-refractivity contribution in [3.05, 3.63) is 47.6 Å². The number of nitrogens with one attached hydrogen (secondary N) is 2. The molecule has 2 heterocycles. The summed E-state index contributed by atoms with van der Waals surface area (Å²) in [5.74, 6) is 0.0530. The van der Waals surface area contributed by atoms with Gasteiger partial charge in [-0.05, 0) is 12.5 Å². The molecule has 8 heteroatoms. The van der Waals surface area contributed by atoms with E-state index in [4.69, 9.17) is 4.52 Å². The summed E-state index contributed by atoms with van der Waals surface area (Å²) < 4.78 is 5.23. The molecule has 2 aromatic rings. The fourth-order valence-electron chi connectivity index (χ4n) is 3.02. The molecule has 1 fully saturated rings. The maximum atomic E-state index is 12.5. The monoisotopic (exact) mass is 343 g/mol. The second-order valence-electron chi connectivity index (χ2n) is 6.06. The van der Waals surface area contributed by atoms with Gasteiger partial charge < -0.3 is 20.1 Å². The minimum atomic E-state index is -0.410. The lowest BCUT2D eigenvalue weighted by molar-refractivity contribution is -0.124. The zero-order valence-corrected chi connectivity index (χ0v) is 14.2. The molecule has 1 saturated heterocycles. The van der Waals surface area contributed by atoms with E-state index >= 15 is 0 Å². The lowest BCUT2D eigenvalue weighted by Crippen LogP contribution is -2.39. The van der Waals surface area contributed by atoms with Gasteiger partial charge in [-0.2, -0.15) is 4.98 Å². The van der Waals surface area contributed by atoms with E-state index < -0.39 is 5.92 Å². The quantitative estimate of drug-likeness (QED) is 0.864. The number of hydrogen-bond acceptors (Lipinski definition) is 5. The molecule has 2 atom stereocenters. The van der Waals surface area contributed by atoms with Gasteiger partial charge in [-0.25, -0.2) is 4.79 Å². The normalized spacial score (nSPS) is 19.7. The zero-order chi connectivity index (χ0) is 17.8. The minimum absolute atomic E-state index is 0.140. The lowest BCUT2D eigenvalue weighted by atomic mass is 9.95. The first-order valence-corrected chi connectivity index (χ1v) is 8.17. The van der Waals surface area contributed by atoms with Gasteiger partial charge in [0.05, 0.1) is 11.8 Å². The molecule has 0 aliphatic carbocycles. The van der Waals surface area contributed by atoms with Crippen LogP contribution in [0, 0.1) is 12.8 Å². The highest BCUT2D eigenvalue weighted by Gasteiger charge is 2.42. The SMILES string of the molecule is CNC(=O)[C@@H]1CN(C(=O)NCc2ccccc2)C[C@H]1c1nc(C)no1. The number of aryl methyl sites for hydroxylation is 1. The van der Waals surface area contributed by atoms with Crippen molar-refractivity contribution in [3.63, 3.8) is 0 Å². The van der Waals surface area contributed by atoms with E-state index in [-0.39, 0.29) is 17.9 Å². The Labute approximate surface area is 145 Å². The number of aromatic nitrogens is 2. The number of rotatable bonds is 4. The van der Waals surface area contributed by atoms with Crippen LogP contribution in [0.4, 0.5) is 4.79 Å². The number of amides is 3. The van der Waals surface area contributed by atoms with Crippen LogP contribution >= 0.6 is 0 Å². The van der Waals surface area contributed by atoms with Crippen LogP contribution in [-0.4, -0.2) is 47.1 Å². The predicted octanol–water partition coefficient (Wildman–Crippen LogP) is 1.05.